The van der Waals surface area contributed by atoms with Crippen molar-refractivity contribution in [1.29, 1.82) is 0 Å². The van der Waals surface area contributed by atoms with Gasteiger partial charge in [0.25, 0.3) is 5.56 Å². The first kappa shape index (κ1) is 26.3. The zero-order chi connectivity index (χ0) is 28.9. The number of aromatic amines is 1. The summed E-state index contributed by atoms with van der Waals surface area (Å²) in [6.45, 7) is 0. The lowest BCUT2D eigenvalue weighted by Gasteiger charge is -2.15. The number of alkyl halides is 3. The highest BCUT2D eigenvalue weighted by Crippen LogP contribution is 2.40. The average molecular weight is 583 g/mol. The number of benzene rings is 2. The summed E-state index contributed by atoms with van der Waals surface area (Å²) >= 11 is 6.26. The number of rotatable bonds is 5. The Bertz CT molecular complexity index is 1850. The van der Waals surface area contributed by atoms with Crippen LogP contribution in [0.1, 0.15) is 29.5 Å². The van der Waals surface area contributed by atoms with Gasteiger partial charge in [-0.25, -0.2) is 9.78 Å². The molecular formula is C26H18ClF3N8O3. The lowest BCUT2D eigenvalue weighted by atomic mass is 10.0. The number of ether oxygens (including phenoxy) is 1. The molecule has 0 fully saturated rings. The van der Waals surface area contributed by atoms with E-state index in [0.29, 0.717) is 46.6 Å². The largest absolute Gasteiger partial charge is 0.417 e. The molecule has 6 rings (SSSR count). The van der Waals surface area contributed by atoms with Gasteiger partial charge < -0.3 is 20.0 Å². The Morgan fingerprint density at radius 1 is 1.12 bits per heavy atom. The van der Waals surface area contributed by atoms with Crippen LogP contribution in [-0.2, 0) is 12.6 Å². The number of aromatic nitrogens is 7. The van der Waals surface area contributed by atoms with Gasteiger partial charge in [-0.2, -0.15) is 17.9 Å². The van der Waals surface area contributed by atoms with Crippen LogP contribution in [0.4, 0.5) is 18.0 Å². The molecule has 11 nitrogen and oxygen atoms in total. The van der Waals surface area contributed by atoms with E-state index in [9.17, 15) is 22.8 Å². The maximum absolute atomic E-state index is 13.9. The monoisotopic (exact) mass is 582 g/mol. The van der Waals surface area contributed by atoms with Gasteiger partial charge in [0.1, 0.15) is 17.9 Å². The quantitative estimate of drug-likeness (QED) is 0.309. The van der Waals surface area contributed by atoms with Gasteiger partial charge in [0, 0.05) is 27.9 Å². The number of nitrogens with zero attached hydrogens (tertiary/aromatic N) is 6. The number of tetrazole rings is 1. The molecule has 4 heterocycles. The van der Waals surface area contributed by atoms with Crippen molar-refractivity contribution < 1.29 is 22.7 Å². The Morgan fingerprint density at radius 3 is 2.68 bits per heavy atom. The maximum atomic E-state index is 13.9. The van der Waals surface area contributed by atoms with Gasteiger partial charge in [-0.15, -0.1) is 5.10 Å². The van der Waals surface area contributed by atoms with E-state index in [1.807, 2.05) is 6.07 Å². The number of carbonyl (C=O) groups is 1. The molecule has 1 aliphatic heterocycles. The standard InChI is InChI=1S/C26H18ClF3N8O3/c27-14-1-5-21(37-12-33-35-36-37)18(9-14)13-7-15-2-6-22(38(15)23(39)8-13)24-32-11-20(34-24)17-4-3-16(41-25(31)40)10-19(17)26(28,29)30/h1,3-5,7-12,22H,2,6H2,(H2,31,40)(H,32,34)/t22-/m0/s1. The number of carbonyl (C=O) groups excluding carboxylic acids is 1. The minimum atomic E-state index is -4.76. The van der Waals surface area contributed by atoms with E-state index < -0.39 is 23.9 Å². The van der Waals surface area contributed by atoms with Crippen LogP contribution in [-0.4, -0.2) is 40.8 Å². The van der Waals surface area contributed by atoms with Crippen LogP contribution in [0.3, 0.4) is 0 Å². The van der Waals surface area contributed by atoms with E-state index >= 15 is 0 Å². The maximum Gasteiger partial charge on any atom is 0.417 e. The minimum absolute atomic E-state index is 0.0843. The molecule has 2 aromatic carbocycles. The second-order valence-electron chi connectivity index (χ2n) is 9.22. The third-order valence-electron chi connectivity index (χ3n) is 6.72. The number of nitrogens with one attached hydrogen (secondary N) is 1. The third-order valence-corrected chi connectivity index (χ3v) is 6.95. The van der Waals surface area contributed by atoms with Crippen molar-refractivity contribution in [2.75, 3.05) is 0 Å². The van der Waals surface area contributed by atoms with Crippen LogP contribution in [0.5, 0.6) is 5.75 Å². The Balaban J connectivity index is 1.36. The number of primary amides is 1. The average Bonchev–Trinajstić information content (AvgIpc) is 3.68. The molecule has 0 saturated heterocycles. The molecule has 41 heavy (non-hydrogen) atoms. The van der Waals surface area contributed by atoms with Gasteiger partial charge in [-0.3, -0.25) is 4.79 Å². The second-order valence-corrected chi connectivity index (χ2v) is 9.66. The third kappa shape index (κ3) is 4.93. The molecule has 208 valence electrons. The molecule has 3 aromatic heterocycles. The lowest BCUT2D eigenvalue weighted by Crippen LogP contribution is -2.24. The summed E-state index contributed by atoms with van der Waals surface area (Å²) < 4.78 is 49.2. The van der Waals surface area contributed by atoms with Gasteiger partial charge in [-0.05, 0) is 71.3 Å². The SMILES string of the molecule is NC(=O)Oc1ccc(-c2cnc([C@@H]3CCc4cc(-c5cc(Cl)ccc5-n5cnnn5)cc(=O)n43)[nH]2)c(C(F)(F)F)c1. The topological polar surface area (TPSA) is 147 Å². The summed E-state index contributed by atoms with van der Waals surface area (Å²) in [6, 6.07) is 11.0. The summed E-state index contributed by atoms with van der Waals surface area (Å²) in [5.41, 5.74) is 6.07. The molecule has 0 saturated carbocycles. The predicted molar refractivity (Wildman–Crippen MR) is 140 cm³/mol. The van der Waals surface area contributed by atoms with Crippen molar-refractivity contribution in [3.63, 3.8) is 0 Å². The highest BCUT2D eigenvalue weighted by molar-refractivity contribution is 6.31. The molecule has 0 unspecified atom stereocenters. The minimum Gasteiger partial charge on any atom is -0.410 e. The zero-order valence-electron chi connectivity index (χ0n) is 20.8. The Morgan fingerprint density at radius 2 is 1.95 bits per heavy atom. The number of amides is 1. The number of pyridine rings is 1. The zero-order valence-corrected chi connectivity index (χ0v) is 21.5. The van der Waals surface area contributed by atoms with Crippen molar-refractivity contribution in [3.8, 4) is 33.8 Å². The highest BCUT2D eigenvalue weighted by atomic mass is 35.5. The molecule has 0 spiro atoms. The fourth-order valence-electron chi connectivity index (χ4n) is 5.04. The van der Waals surface area contributed by atoms with E-state index in [2.05, 4.69) is 30.2 Å². The molecule has 15 heteroatoms. The number of aryl methyl sites for hydroxylation is 1. The van der Waals surface area contributed by atoms with E-state index in [1.54, 1.807) is 22.8 Å². The Kier molecular flexibility index (Phi) is 6.33. The fourth-order valence-corrected chi connectivity index (χ4v) is 5.21. The van der Waals surface area contributed by atoms with E-state index in [4.69, 9.17) is 17.3 Å². The summed E-state index contributed by atoms with van der Waals surface area (Å²) in [5.74, 6) is -0.0142. The molecule has 5 aromatic rings. The number of hydrogen-bond acceptors (Lipinski definition) is 7. The Labute approximate surface area is 233 Å². The van der Waals surface area contributed by atoms with Crippen molar-refractivity contribution in [3.05, 3.63) is 93.5 Å². The van der Waals surface area contributed by atoms with Crippen LogP contribution >= 0.6 is 11.6 Å². The predicted octanol–water partition coefficient (Wildman–Crippen LogP) is 4.55. The molecular weight excluding hydrogens is 565 g/mol. The van der Waals surface area contributed by atoms with Gasteiger partial charge in [-0.1, -0.05) is 11.6 Å². The summed E-state index contributed by atoms with van der Waals surface area (Å²) in [5, 5.41) is 11.7. The lowest BCUT2D eigenvalue weighted by molar-refractivity contribution is -0.137. The first-order chi connectivity index (χ1) is 19.6. The van der Waals surface area contributed by atoms with Crippen molar-refractivity contribution in [2.45, 2.75) is 25.1 Å². The van der Waals surface area contributed by atoms with E-state index in [-0.39, 0.29) is 22.6 Å². The summed E-state index contributed by atoms with van der Waals surface area (Å²) in [4.78, 5) is 31.7. The van der Waals surface area contributed by atoms with Gasteiger partial charge >= 0.3 is 12.3 Å². The fraction of sp³-hybridized carbons (Fsp3) is 0.154. The van der Waals surface area contributed by atoms with Gasteiger partial charge in [0.05, 0.1) is 29.2 Å². The number of nitrogens with two attached hydrogens (primary N) is 1. The van der Waals surface area contributed by atoms with Crippen LogP contribution in [0.25, 0.3) is 28.1 Å². The van der Waals surface area contributed by atoms with Crippen molar-refractivity contribution in [2.24, 2.45) is 5.73 Å². The van der Waals surface area contributed by atoms with Gasteiger partial charge in [0.2, 0.25) is 0 Å². The van der Waals surface area contributed by atoms with E-state index in [1.165, 1.54) is 29.3 Å². The first-order valence-electron chi connectivity index (χ1n) is 12.1. The molecule has 1 aliphatic rings. The van der Waals surface area contributed by atoms with Crippen LogP contribution in [0.2, 0.25) is 5.02 Å². The van der Waals surface area contributed by atoms with E-state index in [0.717, 1.165) is 11.8 Å². The number of fused-ring (bicyclic) bond motifs is 1. The second kappa shape index (κ2) is 9.89. The van der Waals surface area contributed by atoms with Crippen LogP contribution in [0, 0.1) is 0 Å². The smallest absolute Gasteiger partial charge is 0.410 e. The summed E-state index contributed by atoms with van der Waals surface area (Å²) in [6.07, 6.45) is -2.26. The molecule has 1 amide bonds. The number of imidazole rings is 1. The molecule has 1 atom stereocenters. The molecule has 0 radical (unpaired) electrons. The summed E-state index contributed by atoms with van der Waals surface area (Å²) in [7, 11) is 0. The van der Waals surface area contributed by atoms with Crippen LogP contribution in [0.15, 0.2) is 65.8 Å². The molecule has 0 bridgehead atoms. The number of hydrogen-bond donors (Lipinski definition) is 2. The van der Waals surface area contributed by atoms with Crippen molar-refractivity contribution in [1.82, 2.24) is 34.7 Å². The number of H-pyrrole nitrogens is 1. The van der Waals surface area contributed by atoms with Crippen LogP contribution < -0.4 is 16.0 Å². The van der Waals surface area contributed by atoms with Crippen molar-refractivity contribution >= 4 is 17.7 Å². The molecule has 0 aliphatic carbocycles. The first-order valence-corrected chi connectivity index (χ1v) is 12.5. The number of halogens is 4. The van der Waals surface area contributed by atoms with Gasteiger partial charge in [0.15, 0.2) is 0 Å². The highest BCUT2D eigenvalue weighted by Gasteiger charge is 2.35. The Hall–Kier alpha value is -4.98. The molecule has 3 N–H and O–H groups in total. The normalized spacial score (nSPS) is 14.7.